The van der Waals surface area contributed by atoms with Crippen molar-refractivity contribution in [1.29, 1.82) is 5.41 Å². The summed E-state index contributed by atoms with van der Waals surface area (Å²) in [5.74, 6) is -0.617. The van der Waals surface area contributed by atoms with Crippen molar-refractivity contribution in [3.63, 3.8) is 0 Å². The van der Waals surface area contributed by atoms with Crippen molar-refractivity contribution in [2.24, 2.45) is 0 Å². The molecule has 1 amide bonds. The maximum atomic E-state index is 15.0. The van der Waals surface area contributed by atoms with Gasteiger partial charge in [-0.2, -0.15) is 0 Å². The number of anilines is 1. The Morgan fingerprint density at radius 2 is 1.81 bits per heavy atom. The number of hydrogen-bond acceptors (Lipinski definition) is 9. The van der Waals surface area contributed by atoms with Crippen molar-refractivity contribution in [1.82, 2.24) is 5.32 Å². The van der Waals surface area contributed by atoms with E-state index in [1.54, 1.807) is 44.2 Å². The summed E-state index contributed by atoms with van der Waals surface area (Å²) in [6.07, 6.45) is -0.895. The van der Waals surface area contributed by atoms with Gasteiger partial charge in [-0.05, 0) is 58.0 Å². The van der Waals surface area contributed by atoms with E-state index in [1.165, 1.54) is 13.0 Å². The third-order valence-corrected chi connectivity index (χ3v) is 5.07. The van der Waals surface area contributed by atoms with E-state index in [9.17, 15) is 14.0 Å². The lowest BCUT2D eigenvalue weighted by molar-refractivity contribution is 0.135. The third-order valence-electron chi connectivity index (χ3n) is 5.07. The van der Waals surface area contributed by atoms with E-state index in [1.807, 2.05) is 6.92 Å². The first-order chi connectivity index (χ1) is 17.2. The number of nitrogens with one attached hydrogen (secondary N) is 3. The molecule has 1 atom stereocenters. The van der Waals surface area contributed by atoms with E-state index in [2.05, 4.69) is 15.1 Å². The molecule has 3 rings (SSSR count). The smallest absolute Gasteiger partial charge is 0.494 e. The van der Waals surface area contributed by atoms with Gasteiger partial charge >= 0.3 is 11.9 Å². The molecule has 3 N–H and O–H groups in total. The number of amidine groups is 1. The van der Waals surface area contributed by atoms with Gasteiger partial charge in [-0.1, -0.05) is 0 Å². The highest BCUT2D eigenvalue weighted by Crippen LogP contribution is 2.32. The van der Waals surface area contributed by atoms with E-state index in [0.717, 1.165) is 0 Å². The Morgan fingerprint density at radius 3 is 2.42 bits per heavy atom. The number of halogens is 1. The van der Waals surface area contributed by atoms with Gasteiger partial charge in [-0.3, -0.25) is 10.7 Å². The van der Waals surface area contributed by atoms with Crippen LogP contribution >= 0.6 is 0 Å². The molecule has 0 saturated heterocycles. The number of benzene rings is 2. The molecule has 11 heteroatoms. The molecule has 192 valence electrons. The minimum absolute atomic E-state index is 0.0860. The predicted octanol–water partition coefficient (Wildman–Crippen LogP) is 4.90. The fraction of sp³-hybridized carbons (Fsp3) is 0.320. The van der Waals surface area contributed by atoms with Crippen molar-refractivity contribution >= 4 is 17.6 Å². The molecular formula is C25H28FN3O7. The Hall–Kier alpha value is -4.28. The van der Waals surface area contributed by atoms with Crippen molar-refractivity contribution in [3.8, 4) is 11.5 Å². The average molecular weight is 502 g/mol. The van der Waals surface area contributed by atoms with Crippen LogP contribution < -0.4 is 25.9 Å². The summed E-state index contributed by atoms with van der Waals surface area (Å²) in [6, 6.07) is 9.38. The second-order valence-corrected chi connectivity index (χ2v) is 7.64. The van der Waals surface area contributed by atoms with Crippen LogP contribution in [0.4, 0.5) is 14.9 Å². The molecule has 3 aromatic rings. The molecule has 0 aliphatic rings. The van der Waals surface area contributed by atoms with E-state index in [0.29, 0.717) is 35.8 Å². The van der Waals surface area contributed by atoms with Gasteiger partial charge in [0.05, 0.1) is 19.3 Å². The summed E-state index contributed by atoms with van der Waals surface area (Å²) in [5.41, 5.74) is 1.47. The SMILES string of the molecule is CCOc1cc(OCC)c(F)c(C(C)Nc2ccc(C(=N)NC(=O)OCc3oc(=O)oc3C)cc2)c1. The lowest BCUT2D eigenvalue weighted by Gasteiger charge is -2.19. The zero-order chi connectivity index (χ0) is 26.2. The van der Waals surface area contributed by atoms with Crippen LogP contribution in [0.1, 0.15) is 49.5 Å². The Morgan fingerprint density at radius 1 is 1.11 bits per heavy atom. The van der Waals surface area contributed by atoms with Crippen LogP contribution in [-0.2, 0) is 11.3 Å². The summed E-state index contributed by atoms with van der Waals surface area (Å²) < 4.78 is 40.3. The quantitative estimate of drug-likeness (QED) is 0.264. The van der Waals surface area contributed by atoms with E-state index >= 15 is 0 Å². The van der Waals surface area contributed by atoms with Gasteiger partial charge in [0, 0.05) is 22.9 Å². The van der Waals surface area contributed by atoms with Gasteiger partial charge in [0.2, 0.25) is 0 Å². The zero-order valence-electron chi connectivity index (χ0n) is 20.4. The largest absolute Gasteiger partial charge is 0.519 e. The lowest BCUT2D eigenvalue weighted by atomic mass is 10.1. The second kappa shape index (κ2) is 11.9. The van der Waals surface area contributed by atoms with Gasteiger partial charge in [0.25, 0.3) is 0 Å². The number of amides is 1. The molecule has 1 aromatic heterocycles. The molecule has 0 saturated carbocycles. The maximum absolute atomic E-state index is 15.0. The Bertz CT molecular complexity index is 1270. The van der Waals surface area contributed by atoms with Gasteiger partial charge in [0.15, 0.2) is 29.7 Å². The molecule has 0 aliphatic heterocycles. The normalized spacial score (nSPS) is 11.5. The highest BCUT2D eigenvalue weighted by atomic mass is 19.1. The summed E-state index contributed by atoms with van der Waals surface area (Å²) in [4.78, 5) is 23.0. The Labute approximate surface area is 206 Å². The van der Waals surface area contributed by atoms with Crippen molar-refractivity contribution < 1.29 is 32.2 Å². The zero-order valence-corrected chi connectivity index (χ0v) is 20.4. The molecule has 1 heterocycles. The highest BCUT2D eigenvalue weighted by Gasteiger charge is 2.18. The number of carbonyl (C=O) groups is 1. The number of alkyl carbamates (subject to hydrolysis) is 1. The molecule has 10 nitrogen and oxygen atoms in total. The van der Waals surface area contributed by atoms with Gasteiger partial charge in [-0.15, -0.1) is 0 Å². The van der Waals surface area contributed by atoms with Crippen molar-refractivity contribution in [2.75, 3.05) is 18.5 Å². The number of aryl methyl sites for hydroxylation is 1. The molecular weight excluding hydrogens is 473 g/mol. The van der Waals surface area contributed by atoms with E-state index < -0.39 is 23.8 Å². The van der Waals surface area contributed by atoms with Crippen molar-refractivity contribution in [2.45, 2.75) is 40.3 Å². The van der Waals surface area contributed by atoms with Crippen LogP contribution in [0, 0.1) is 18.2 Å². The van der Waals surface area contributed by atoms with Crippen LogP contribution in [0.15, 0.2) is 50.0 Å². The summed E-state index contributed by atoms with van der Waals surface area (Å²) in [6.45, 7) is 7.38. The fourth-order valence-electron chi connectivity index (χ4n) is 3.33. The monoisotopic (exact) mass is 501 g/mol. The molecule has 0 radical (unpaired) electrons. The summed E-state index contributed by atoms with van der Waals surface area (Å²) >= 11 is 0. The van der Waals surface area contributed by atoms with E-state index in [4.69, 9.17) is 24.0 Å². The fourth-order valence-corrected chi connectivity index (χ4v) is 3.33. The first kappa shape index (κ1) is 26.3. The van der Waals surface area contributed by atoms with Crippen LogP contribution in [0.5, 0.6) is 11.5 Å². The minimum Gasteiger partial charge on any atom is -0.494 e. The topological polar surface area (TPSA) is 136 Å². The van der Waals surface area contributed by atoms with Crippen molar-refractivity contribution in [3.05, 3.63) is 75.5 Å². The minimum atomic E-state index is -0.895. The summed E-state index contributed by atoms with van der Waals surface area (Å²) in [7, 11) is 0. The molecule has 36 heavy (non-hydrogen) atoms. The standard InChI is InChI=1S/C25H28FN3O7/c1-5-32-18-11-19(22(26)20(12-18)33-6-2)14(3)28-17-9-7-16(8-10-17)23(27)29-24(30)34-13-21-15(4)35-25(31)36-21/h7-12,14,28H,5-6,13H2,1-4H3,(H2,27,29,30). The molecule has 0 aliphatic carbocycles. The van der Waals surface area contributed by atoms with Crippen LogP contribution in [-0.4, -0.2) is 25.1 Å². The van der Waals surface area contributed by atoms with Crippen LogP contribution in [0.25, 0.3) is 0 Å². The molecule has 0 bridgehead atoms. The van der Waals surface area contributed by atoms with Gasteiger partial charge < -0.3 is 28.4 Å². The predicted molar refractivity (Wildman–Crippen MR) is 129 cm³/mol. The lowest BCUT2D eigenvalue weighted by Crippen LogP contribution is -2.31. The molecule has 0 spiro atoms. The number of rotatable bonds is 10. The van der Waals surface area contributed by atoms with Gasteiger partial charge in [-0.25, -0.2) is 14.0 Å². The molecule has 1 unspecified atom stereocenters. The Balaban J connectivity index is 1.62. The number of ether oxygens (including phenoxy) is 3. The highest BCUT2D eigenvalue weighted by molar-refractivity contribution is 6.04. The first-order valence-corrected chi connectivity index (χ1v) is 11.3. The van der Waals surface area contributed by atoms with Crippen LogP contribution in [0.2, 0.25) is 0 Å². The Kier molecular flexibility index (Phi) is 8.71. The first-order valence-electron chi connectivity index (χ1n) is 11.3. The number of carbonyl (C=O) groups excluding carboxylic acids is 1. The second-order valence-electron chi connectivity index (χ2n) is 7.64. The number of hydrogen-bond donors (Lipinski definition) is 3. The maximum Gasteiger partial charge on any atom is 0.519 e. The molecule has 2 aromatic carbocycles. The van der Waals surface area contributed by atoms with E-state index in [-0.39, 0.29) is 29.7 Å². The van der Waals surface area contributed by atoms with Gasteiger partial charge in [0.1, 0.15) is 11.6 Å². The average Bonchev–Trinajstić information content (AvgIpc) is 3.17. The van der Waals surface area contributed by atoms with Crippen LogP contribution in [0.3, 0.4) is 0 Å². The third kappa shape index (κ3) is 6.65. The summed E-state index contributed by atoms with van der Waals surface area (Å²) in [5, 5.41) is 13.6. The molecule has 0 fully saturated rings.